The zero-order valence-corrected chi connectivity index (χ0v) is 24.3. The van der Waals surface area contributed by atoms with Crippen LogP contribution in [0.5, 0.6) is 0 Å². The molecule has 4 aromatic heterocycles. The molecule has 0 spiro atoms. The first kappa shape index (κ1) is 26.9. The number of nitrogens with two attached hydrogens (primary N) is 1. The fraction of sp³-hybridized carbons (Fsp3) is 0.0811. The molecular weight excluding hydrogens is 560 g/mol. The maximum absolute atomic E-state index is 13.6. The maximum atomic E-state index is 13.6. The molecule has 0 amide bonds. The number of aromatic nitrogens is 4. The highest BCUT2D eigenvalue weighted by Gasteiger charge is 2.19. The topological polar surface area (TPSA) is 135 Å². The van der Waals surface area contributed by atoms with E-state index < -0.39 is 0 Å². The highest BCUT2D eigenvalue weighted by atomic mass is 16.1. The first-order valence-electron chi connectivity index (χ1n) is 15.0. The van der Waals surface area contributed by atoms with Crippen molar-refractivity contribution in [3.05, 3.63) is 141 Å². The Bertz CT molecular complexity index is 2490. The van der Waals surface area contributed by atoms with Crippen LogP contribution in [0.15, 0.2) is 113 Å². The van der Waals surface area contributed by atoms with Crippen LogP contribution in [0.1, 0.15) is 16.7 Å². The van der Waals surface area contributed by atoms with Gasteiger partial charge in [-0.2, -0.15) is 0 Å². The minimum absolute atomic E-state index is 0.118. The number of benzene rings is 4. The number of rotatable bonds is 7. The second-order valence-corrected chi connectivity index (χ2v) is 11.3. The molecule has 0 atom stereocenters. The van der Waals surface area contributed by atoms with Crippen LogP contribution >= 0.6 is 0 Å². The molecule has 8 rings (SSSR count). The Morgan fingerprint density at radius 3 is 1.76 bits per heavy atom. The van der Waals surface area contributed by atoms with Gasteiger partial charge in [-0.05, 0) is 34.9 Å². The van der Waals surface area contributed by atoms with Crippen molar-refractivity contribution >= 4 is 43.9 Å². The largest absolute Gasteiger partial charge is 0.353 e. The first-order chi connectivity index (χ1) is 22.1. The molecule has 7 N–H and O–H groups in total. The highest BCUT2D eigenvalue weighted by molar-refractivity contribution is 6.11. The number of nitrogens with one attached hydrogen (secondary N) is 5. The summed E-state index contributed by atoms with van der Waals surface area (Å²) in [5, 5.41) is 5.41. The molecule has 0 aliphatic rings. The number of hydrogen-bond donors (Lipinski definition) is 6. The van der Waals surface area contributed by atoms with Gasteiger partial charge in [0.2, 0.25) is 0 Å². The number of hydrogen-bond acceptors (Lipinski definition) is 4. The van der Waals surface area contributed by atoms with Gasteiger partial charge in [0.15, 0.2) is 0 Å². The Morgan fingerprint density at radius 1 is 0.533 bits per heavy atom. The second-order valence-electron chi connectivity index (χ2n) is 11.3. The fourth-order valence-electron chi connectivity index (χ4n) is 6.57. The minimum Gasteiger partial charge on any atom is -0.353 e. The van der Waals surface area contributed by atoms with Gasteiger partial charge in [0.25, 0.3) is 11.1 Å². The Hall–Kier alpha value is -5.70. The lowest BCUT2D eigenvalue weighted by Gasteiger charge is -2.12. The molecule has 0 fully saturated rings. The lowest BCUT2D eigenvalue weighted by Crippen LogP contribution is -2.22. The zero-order valence-electron chi connectivity index (χ0n) is 24.3. The molecule has 8 heteroatoms. The molecule has 0 unspecified atom stereocenters. The molecular formula is C37H30N6O2. The fourth-order valence-corrected chi connectivity index (χ4v) is 6.57. The summed E-state index contributed by atoms with van der Waals surface area (Å²) in [7, 11) is 0. The van der Waals surface area contributed by atoms with E-state index in [1.165, 1.54) is 0 Å². The van der Waals surface area contributed by atoms with Gasteiger partial charge in [-0.25, -0.2) is 0 Å². The van der Waals surface area contributed by atoms with Crippen LogP contribution in [-0.4, -0.2) is 19.9 Å². The van der Waals surface area contributed by atoms with Crippen molar-refractivity contribution in [2.24, 2.45) is 5.73 Å². The monoisotopic (exact) mass is 590 g/mol. The molecule has 8 nitrogen and oxygen atoms in total. The lowest BCUT2D eigenvalue weighted by molar-refractivity contribution is 0.690. The predicted octanol–water partition coefficient (Wildman–Crippen LogP) is 6.41. The van der Waals surface area contributed by atoms with Gasteiger partial charge in [0, 0.05) is 63.7 Å². The smallest absolute Gasteiger partial charge is 0.253 e. The summed E-state index contributed by atoms with van der Waals surface area (Å²) in [5.74, 6) is 0. The summed E-state index contributed by atoms with van der Waals surface area (Å²) in [6, 6.07) is 34.0. The first-order valence-corrected chi connectivity index (χ1v) is 15.0. The van der Waals surface area contributed by atoms with Crippen molar-refractivity contribution in [3.63, 3.8) is 0 Å². The molecule has 4 heterocycles. The molecule has 0 aliphatic carbocycles. The highest BCUT2D eigenvalue weighted by Crippen LogP contribution is 2.35. The van der Waals surface area contributed by atoms with Gasteiger partial charge in [-0.1, -0.05) is 84.9 Å². The molecule has 0 aliphatic heterocycles. The van der Waals surface area contributed by atoms with E-state index in [1.54, 1.807) is 0 Å². The summed E-state index contributed by atoms with van der Waals surface area (Å²) >= 11 is 0. The van der Waals surface area contributed by atoms with Gasteiger partial charge < -0.3 is 31.0 Å². The third-order valence-electron chi connectivity index (χ3n) is 8.66. The Morgan fingerprint density at radius 2 is 1.09 bits per heavy atom. The van der Waals surface area contributed by atoms with Crippen LogP contribution in [0.4, 0.5) is 0 Å². The number of para-hydroxylation sites is 1. The molecule has 0 radical (unpaired) electrons. The summed E-state index contributed by atoms with van der Waals surface area (Å²) in [4.78, 5) is 40.0. The van der Waals surface area contributed by atoms with E-state index in [9.17, 15) is 9.59 Å². The van der Waals surface area contributed by atoms with Crippen molar-refractivity contribution in [1.82, 2.24) is 25.3 Å². The van der Waals surface area contributed by atoms with E-state index in [1.807, 2.05) is 91.0 Å². The van der Waals surface area contributed by atoms with Gasteiger partial charge in [-0.15, -0.1) is 0 Å². The molecule has 45 heavy (non-hydrogen) atoms. The van der Waals surface area contributed by atoms with Crippen LogP contribution in [0, 0.1) is 0 Å². The molecule has 8 aromatic rings. The standard InChI is InChI=1S/C37H30N6O2/c38-18-26-30(22-9-3-1-4-10-22)34-33(43-36(26)44)25-17-21(15-16-29(25)41-34)19-39-20-27-31(23-11-5-2-6-12-23)35-32(42-37(27)45)24-13-7-8-14-28(24)40-35/h1-17,39-41H,18-20,38H2,(H,42,45)(H,43,44). The van der Waals surface area contributed by atoms with E-state index in [4.69, 9.17) is 5.73 Å². The molecule has 0 saturated carbocycles. The van der Waals surface area contributed by atoms with E-state index >= 15 is 0 Å². The van der Waals surface area contributed by atoms with Crippen molar-refractivity contribution < 1.29 is 0 Å². The molecule has 0 saturated heterocycles. The summed E-state index contributed by atoms with van der Waals surface area (Å²) in [6.07, 6.45) is 0. The quantitative estimate of drug-likeness (QED) is 0.128. The Kier molecular flexibility index (Phi) is 6.44. The maximum Gasteiger partial charge on any atom is 0.253 e. The van der Waals surface area contributed by atoms with E-state index in [2.05, 4.69) is 37.4 Å². The minimum atomic E-state index is -0.187. The van der Waals surface area contributed by atoms with Crippen molar-refractivity contribution in [2.75, 3.05) is 0 Å². The Labute approximate surface area is 256 Å². The number of pyridine rings is 2. The number of H-pyrrole nitrogens is 4. The van der Waals surface area contributed by atoms with Gasteiger partial charge in [0.1, 0.15) is 0 Å². The van der Waals surface area contributed by atoms with E-state index in [0.29, 0.717) is 24.2 Å². The number of fused-ring (bicyclic) bond motifs is 6. The van der Waals surface area contributed by atoms with Crippen molar-refractivity contribution in [2.45, 2.75) is 19.6 Å². The average Bonchev–Trinajstić information content (AvgIpc) is 3.62. The zero-order chi connectivity index (χ0) is 30.5. The van der Waals surface area contributed by atoms with Gasteiger partial charge >= 0.3 is 0 Å². The van der Waals surface area contributed by atoms with E-state index in [0.717, 1.165) is 71.7 Å². The average molecular weight is 591 g/mol. The molecule has 220 valence electrons. The molecule has 0 bridgehead atoms. The lowest BCUT2D eigenvalue weighted by atomic mass is 9.99. The van der Waals surface area contributed by atoms with Crippen LogP contribution in [0.2, 0.25) is 0 Å². The van der Waals surface area contributed by atoms with Gasteiger partial charge in [0.05, 0.1) is 22.1 Å². The summed E-state index contributed by atoms with van der Waals surface area (Å²) in [6.45, 7) is 1.03. The van der Waals surface area contributed by atoms with Crippen LogP contribution in [0.25, 0.3) is 66.1 Å². The molecule has 4 aromatic carbocycles. The van der Waals surface area contributed by atoms with Crippen molar-refractivity contribution in [3.8, 4) is 22.3 Å². The van der Waals surface area contributed by atoms with Crippen molar-refractivity contribution in [1.29, 1.82) is 0 Å². The van der Waals surface area contributed by atoms with Crippen LogP contribution in [-0.2, 0) is 19.6 Å². The summed E-state index contributed by atoms with van der Waals surface area (Å²) < 4.78 is 0. The van der Waals surface area contributed by atoms with E-state index in [-0.39, 0.29) is 17.7 Å². The number of aromatic amines is 4. The third-order valence-corrected chi connectivity index (χ3v) is 8.66. The summed E-state index contributed by atoms with van der Waals surface area (Å²) in [5.41, 5.74) is 16.8. The predicted molar refractivity (Wildman–Crippen MR) is 182 cm³/mol. The normalized spacial score (nSPS) is 11.8. The third kappa shape index (κ3) is 4.47. The SMILES string of the molecule is NCc1c(-c2ccccc2)c2[nH]c3ccc(CNCc4c(-c5ccccc5)c5[nH]c6ccccc6c5[nH]c4=O)cc3c2[nH]c1=O. The van der Waals surface area contributed by atoms with Gasteiger partial charge in [-0.3, -0.25) is 9.59 Å². The Balaban J connectivity index is 1.17. The second kappa shape index (κ2) is 10.8. The van der Waals surface area contributed by atoms with Crippen LogP contribution in [0.3, 0.4) is 0 Å². The van der Waals surface area contributed by atoms with Crippen LogP contribution < -0.4 is 22.2 Å².